The van der Waals surface area contributed by atoms with E-state index in [-0.39, 0.29) is 16.0 Å². The molecule has 0 aromatic heterocycles. The van der Waals surface area contributed by atoms with Gasteiger partial charge >= 0.3 is 5.97 Å². The van der Waals surface area contributed by atoms with Gasteiger partial charge in [0, 0.05) is 17.5 Å². The molecule has 1 aliphatic rings. The molecular weight excluding hydrogens is 244 g/mol. The van der Waals surface area contributed by atoms with Crippen LogP contribution in [0.3, 0.4) is 0 Å². The summed E-state index contributed by atoms with van der Waals surface area (Å²) in [5.41, 5.74) is -0.0942. The Kier molecular flexibility index (Phi) is 2.91. The lowest BCUT2D eigenvalue weighted by molar-refractivity contribution is 0.0696. The van der Waals surface area contributed by atoms with Crippen molar-refractivity contribution in [2.75, 3.05) is 13.2 Å². The zero-order valence-corrected chi connectivity index (χ0v) is 10.4. The molecule has 1 N–H and O–H groups in total. The van der Waals surface area contributed by atoms with Crippen LogP contribution in [0.1, 0.15) is 24.2 Å². The fourth-order valence-corrected chi connectivity index (χ4v) is 1.75. The van der Waals surface area contributed by atoms with Crippen molar-refractivity contribution >= 4 is 17.6 Å². The van der Waals surface area contributed by atoms with Gasteiger partial charge in [0.05, 0.1) is 23.8 Å². The molecule has 0 aliphatic carbocycles. The molecule has 0 radical (unpaired) electrons. The fourth-order valence-electron chi connectivity index (χ4n) is 1.51. The van der Waals surface area contributed by atoms with Crippen LogP contribution in [-0.2, 0) is 0 Å². The molecule has 17 heavy (non-hydrogen) atoms. The average molecular weight is 257 g/mol. The van der Waals surface area contributed by atoms with Crippen LogP contribution in [0.5, 0.6) is 11.5 Å². The topological polar surface area (TPSA) is 55.8 Å². The largest absolute Gasteiger partial charge is 0.489 e. The fraction of sp³-hybridized carbons (Fsp3) is 0.417. The molecule has 0 saturated heterocycles. The zero-order valence-electron chi connectivity index (χ0n) is 9.62. The van der Waals surface area contributed by atoms with Crippen LogP contribution in [0.15, 0.2) is 12.1 Å². The molecule has 0 amide bonds. The van der Waals surface area contributed by atoms with Crippen LogP contribution < -0.4 is 9.47 Å². The summed E-state index contributed by atoms with van der Waals surface area (Å²) in [4.78, 5) is 10.9. The van der Waals surface area contributed by atoms with E-state index in [0.29, 0.717) is 24.7 Å². The van der Waals surface area contributed by atoms with E-state index in [0.717, 1.165) is 0 Å². The summed E-state index contributed by atoms with van der Waals surface area (Å²) in [5.74, 6) is -0.159. The lowest BCUT2D eigenvalue weighted by Gasteiger charge is -2.19. The van der Waals surface area contributed by atoms with Crippen LogP contribution in [0.25, 0.3) is 0 Å². The Labute approximate surface area is 104 Å². The van der Waals surface area contributed by atoms with E-state index in [1.165, 1.54) is 12.1 Å². The molecule has 0 saturated carbocycles. The summed E-state index contributed by atoms with van der Waals surface area (Å²) >= 11 is 5.86. The summed E-state index contributed by atoms with van der Waals surface area (Å²) in [6.45, 7) is 5.00. The van der Waals surface area contributed by atoms with Crippen molar-refractivity contribution in [3.63, 3.8) is 0 Å². The first kappa shape index (κ1) is 12.0. The molecule has 1 heterocycles. The van der Waals surface area contributed by atoms with Gasteiger partial charge in [0.15, 0.2) is 11.5 Å². The molecule has 1 aromatic rings. The van der Waals surface area contributed by atoms with Gasteiger partial charge in [-0.2, -0.15) is 0 Å². The minimum atomic E-state index is -1.08. The number of hydrogen-bond acceptors (Lipinski definition) is 3. The van der Waals surface area contributed by atoms with Gasteiger partial charge in [-0.05, 0) is 0 Å². The minimum Gasteiger partial charge on any atom is -0.489 e. The predicted octanol–water partition coefficient (Wildman–Crippen LogP) is 2.84. The third-order valence-corrected chi connectivity index (χ3v) is 2.81. The number of carbonyl (C=O) groups is 1. The van der Waals surface area contributed by atoms with E-state index < -0.39 is 5.97 Å². The Balaban J connectivity index is 2.41. The van der Waals surface area contributed by atoms with Gasteiger partial charge in [-0.1, -0.05) is 25.4 Å². The highest BCUT2D eigenvalue weighted by Gasteiger charge is 2.26. The third-order valence-electron chi connectivity index (χ3n) is 2.50. The zero-order chi connectivity index (χ0) is 12.6. The van der Waals surface area contributed by atoms with Crippen molar-refractivity contribution < 1.29 is 19.4 Å². The van der Waals surface area contributed by atoms with Crippen LogP contribution >= 0.6 is 11.6 Å². The highest BCUT2D eigenvalue weighted by atomic mass is 35.5. The van der Waals surface area contributed by atoms with Gasteiger partial charge in [0.25, 0.3) is 0 Å². The first-order valence-corrected chi connectivity index (χ1v) is 5.59. The van der Waals surface area contributed by atoms with Crippen molar-refractivity contribution in [3.8, 4) is 11.5 Å². The quantitative estimate of drug-likeness (QED) is 0.839. The van der Waals surface area contributed by atoms with E-state index in [2.05, 4.69) is 0 Å². The van der Waals surface area contributed by atoms with Gasteiger partial charge < -0.3 is 14.6 Å². The first-order valence-electron chi connectivity index (χ1n) is 5.21. The number of benzene rings is 1. The van der Waals surface area contributed by atoms with Crippen molar-refractivity contribution in [2.24, 2.45) is 5.41 Å². The lowest BCUT2D eigenvalue weighted by atomic mass is 9.97. The van der Waals surface area contributed by atoms with Crippen molar-refractivity contribution in [1.29, 1.82) is 0 Å². The SMILES string of the molecule is CC1(C)COc2cc(Cl)c(C(=O)O)cc2OC1. The second-order valence-electron chi connectivity index (χ2n) is 4.83. The normalized spacial score (nSPS) is 17.4. The Bertz CT molecular complexity index is 468. The third kappa shape index (κ3) is 2.47. The first-order chi connectivity index (χ1) is 7.89. The molecule has 0 atom stereocenters. The Hall–Kier alpha value is -1.42. The molecule has 1 aliphatic heterocycles. The molecule has 4 nitrogen and oxygen atoms in total. The van der Waals surface area contributed by atoms with Gasteiger partial charge in [-0.15, -0.1) is 0 Å². The minimum absolute atomic E-state index is 0.0220. The number of fused-ring (bicyclic) bond motifs is 1. The maximum absolute atomic E-state index is 10.9. The molecule has 0 fully saturated rings. The number of carboxylic acids is 1. The van der Waals surface area contributed by atoms with Crippen LogP contribution in [0, 0.1) is 5.41 Å². The summed E-state index contributed by atoms with van der Waals surface area (Å²) in [7, 11) is 0. The monoisotopic (exact) mass is 256 g/mol. The molecule has 0 unspecified atom stereocenters. The second-order valence-corrected chi connectivity index (χ2v) is 5.23. The Morgan fingerprint density at radius 3 is 2.35 bits per heavy atom. The number of carboxylic acid groups (broad SMARTS) is 1. The lowest BCUT2D eigenvalue weighted by Crippen LogP contribution is -2.26. The average Bonchev–Trinajstić information content (AvgIpc) is 2.37. The maximum Gasteiger partial charge on any atom is 0.337 e. The molecule has 0 bridgehead atoms. The van der Waals surface area contributed by atoms with Crippen LogP contribution in [-0.4, -0.2) is 24.3 Å². The van der Waals surface area contributed by atoms with Crippen LogP contribution in [0.2, 0.25) is 5.02 Å². The highest BCUT2D eigenvalue weighted by Crippen LogP contribution is 2.37. The number of aromatic carboxylic acids is 1. The number of rotatable bonds is 1. The summed E-state index contributed by atoms with van der Waals surface area (Å²) in [6.07, 6.45) is 0. The molecule has 5 heteroatoms. The Morgan fingerprint density at radius 1 is 1.29 bits per heavy atom. The van der Waals surface area contributed by atoms with Gasteiger partial charge in [0.2, 0.25) is 0 Å². The van der Waals surface area contributed by atoms with Gasteiger partial charge in [-0.3, -0.25) is 0 Å². The maximum atomic E-state index is 10.9. The van der Waals surface area contributed by atoms with Gasteiger partial charge in [-0.25, -0.2) is 4.79 Å². The summed E-state index contributed by atoms with van der Waals surface area (Å²) in [5, 5.41) is 9.11. The summed E-state index contributed by atoms with van der Waals surface area (Å²) < 4.78 is 11.1. The summed E-state index contributed by atoms with van der Waals surface area (Å²) in [6, 6.07) is 2.89. The van der Waals surface area contributed by atoms with Crippen molar-refractivity contribution in [2.45, 2.75) is 13.8 Å². The van der Waals surface area contributed by atoms with E-state index in [1.54, 1.807) is 0 Å². The highest BCUT2D eigenvalue weighted by molar-refractivity contribution is 6.33. The van der Waals surface area contributed by atoms with Crippen molar-refractivity contribution in [1.82, 2.24) is 0 Å². The molecule has 1 aromatic carbocycles. The van der Waals surface area contributed by atoms with Gasteiger partial charge in [0.1, 0.15) is 0 Å². The number of halogens is 1. The molecule has 0 spiro atoms. The Morgan fingerprint density at radius 2 is 1.82 bits per heavy atom. The molecule has 2 rings (SSSR count). The van der Waals surface area contributed by atoms with E-state index in [9.17, 15) is 4.79 Å². The number of hydrogen-bond donors (Lipinski definition) is 1. The van der Waals surface area contributed by atoms with E-state index >= 15 is 0 Å². The van der Waals surface area contributed by atoms with Crippen LogP contribution in [0.4, 0.5) is 0 Å². The second kappa shape index (κ2) is 4.11. The molecule has 92 valence electrons. The van der Waals surface area contributed by atoms with E-state index in [4.69, 9.17) is 26.2 Å². The predicted molar refractivity (Wildman–Crippen MR) is 63.2 cm³/mol. The smallest absolute Gasteiger partial charge is 0.337 e. The number of ether oxygens (including phenoxy) is 2. The van der Waals surface area contributed by atoms with E-state index in [1.807, 2.05) is 13.8 Å². The van der Waals surface area contributed by atoms with Crippen molar-refractivity contribution in [3.05, 3.63) is 22.7 Å². The standard InChI is InChI=1S/C12H13ClO4/c1-12(2)5-16-9-3-7(11(14)15)8(13)4-10(9)17-6-12/h3-4H,5-6H2,1-2H3,(H,14,15). The molecular formula is C12H13ClO4.